The summed E-state index contributed by atoms with van der Waals surface area (Å²) in [4.78, 5) is 18.9. The van der Waals surface area contributed by atoms with Gasteiger partial charge in [0, 0.05) is 42.5 Å². The third kappa shape index (κ3) is 6.15. The predicted octanol–water partition coefficient (Wildman–Crippen LogP) is 6.95. The third-order valence-corrected chi connectivity index (χ3v) is 8.61. The lowest BCUT2D eigenvalue weighted by Crippen LogP contribution is -2.32. The molecule has 2 fully saturated rings. The largest absolute Gasteiger partial charge is 0.359 e. The van der Waals surface area contributed by atoms with Crippen LogP contribution in [0.4, 0.5) is 5.69 Å². The highest BCUT2D eigenvalue weighted by Crippen LogP contribution is 2.55. The molecule has 41 heavy (non-hydrogen) atoms. The number of hydrogen-bond donors (Lipinski definition) is 1. The Balaban J connectivity index is 1.23. The van der Waals surface area contributed by atoms with Crippen molar-refractivity contribution in [1.82, 2.24) is 19.3 Å². The van der Waals surface area contributed by atoms with E-state index in [1.807, 2.05) is 42.2 Å². The number of carbonyl (C=O) groups excluding carboxylic acids is 1. The second kappa shape index (κ2) is 12.0. The van der Waals surface area contributed by atoms with Crippen LogP contribution in [-0.2, 0) is 22.8 Å². The summed E-state index contributed by atoms with van der Waals surface area (Å²) in [7, 11) is 0. The Labute approximate surface area is 243 Å². The van der Waals surface area contributed by atoms with Crippen molar-refractivity contribution in [1.29, 1.82) is 0 Å². The SMILES string of the molecule is CCCOCn1nc(C)c(-c2ccc(NC(=O)C(c3nccn3Cc3ccccc3)C(C3CC3)C3CC3)cc2)c1C. The normalized spacial score (nSPS) is 15.8. The summed E-state index contributed by atoms with van der Waals surface area (Å²) in [6.07, 6.45) is 9.72. The van der Waals surface area contributed by atoms with Crippen LogP contribution < -0.4 is 5.32 Å². The van der Waals surface area contributed by atoms with Crippen molar-refractivity contribution in [2.24, 2.45) is 17.8 Å². The standard InChI is InChI=1S/C34H41N5O2/c1-4-20-41-22-39-24(3)30(23(2)37-39)26-14-16-29(17-15-26)36-34(40)32(31(27-10-11-27)28-12-13-28)33-35-18-19-38(33)21-25-8-6-5-7-9-25/h5-9,14-19,27-28,31-32H,4,10-13,20-22H2,1-3H3,(H,36,40). The van der Waals surface area contributed by atoms with E-state index in [1.54, 1.807) is 0 Å². The Kier molecular flexibility index (Phi) is 8.06. The van der Waals surface area contributed by atoms with E-state index in [2.05, 4.69) is 60.1 Å². The molecule has 2 aromatic carbocycles. The molecule has 1 atom stereocenters. The summed E-state index contributed by atoms with van der Waals surface area (Å²) in [6, 6.07) is 18.6. The van der Waals surface area contributed by atoms with E-state index >= 15 is 0 Å². The summed E-state index contributed by atoms with van der Waals surface area (Å²) in [5.74, 6) is 2.25. The average molecular weight is 552 g/mol. The molecule has 0 aliphatic heterocycles. The highest BCUT2D eigenvalue weighted by atomic mass is 16.5. The first-order valence-electron chi connectivity index (χ1n) is 15.1. The van der Waals surface area contributed by atoms with Gasteiger partial charge in [0.05, 0.1) is 11.6 Å². The lowest BCUT2D eigenvalue weighted by molar-refractivity contribution is -0.119. The fraction of sp³-hybridized carbons (Fsp3) is 0.441. The lowest BCUT2D eigenvalue weighted by atomic mass is 9.82. The van der Waals surface area contributed by atoms with E-state index < -0.39 is 0 Å². The van der Waals surface area contributed by atoms with E-state index in [9.17, 15) is 4.79 Å². The van der Waals surface area contributed by atoms with Gasteiger partial charge in [0.25, 0.3) is 0 Å². The first-order valence-corrected chi connectivity index (χ1v) is 15.1. The van der Waals surface area contributed by atoms with E-state index in [0.717, 1.165) is 47.1 Å². The van der Waals surface area contributed by atoms with Crippen LogP contribution in [0, 0.1) is 31.6 Å². The number of ether oxygens (including phenoxy) is 1. The molecule has 0 spiro atoms. The minimum atomic E-state index is -0.265. The molecule has 214 valence electrons. The molecule has 2 heterocycles. The Morgan fingerprint density at radius 3 is 2.39 bits per heavy atom. The molecule has 4 aromatic rings. The molecule has 7 nitrogen and oxygen atoms in total. The van der Waals surface area contributed by atoms with Crippen LogP contribution in [0.2, 0.25) is 0 Å². The van der Waals surface area contributed by atoms with Crippen LogP contribution in [0.1, 0.15) is 67.7 Å². The number of imidazole rings is 1. The second-order valence-electron chi connectivity index (χ2n) is 11.8. The third-order valence-electron chi connectivity index (χ3n) is 8.61. The van der Waals surface area contributed by atoms with Crippen LogP contribution in [0.3, 0.4) is 0 Å². The minimum Gasteiger partial charge on any atom is -0.359 e. The highest BCUT2D eigenvalue weighted by molar-refractivity contribution is 5.96. The van der Waals surface area contributed by atoms with Crippen molar-refractivity contribution in [2.45, 2.75) is 72.1 Å². The first-order chi connectivity index (χ1) is 20.0. The zero-order chi connectivity index (χ0) is 28.3. The number of nitrogens with zero attached hydrogens (tertiary/aromatic N) is 4. The maximum absolute atomic E-state index is 14.1. The number of nitrogens with one attached hydrogen (secondary N) is 1. The van der Waals surface area contributed by atoms with Crippen LogP contribution in [0.25, 0.3) is 11.1 Å². The van der Waals surface area contributed by atoms with Gasteiger partial charge in [0.2, 0.25) is 5.91 Å². The van der Waals surface area contributed by atoms with Gasteiger partial charge < -0.3 is 14.6 Å². The van der Waals surface area contributed by atoms with Gasteiger partial charge in [-0.25, -0.2) is 9.67 Å². The van der Waals surface area contributed by atoms with Crippen LogP contribution >= 0.6 is 0 Å². The number of amides is 1. The minimum absolute atomic E-state index is 0.0512. The van der Waals surface area contributed by atoms with E-state index in [0.29, 0.717) is 31.0 Å². The number of aromatic nitrogens is 4. The monoisotopic (exact) mass is 551 g/mol. The molecule has 2 aliphatic carbocycles. The molecule has 1 N–H and O–H groups in total. The smallest absolute Gasteiger partial charge is 0.235 e. The fourth-order valence-electron chi connectivity index (χ4n) is 6.35. The van der Waals surface area contributed by atoms with Crippen molar-refractivity contribution in [3.8, 4) is 11.1 Å². The van der Waals surface area contributed by atoms with Gasteiger partial charge in [-0.3, -0.25) is 4.79 Å². The number of rotatable bonds is 13. The number of anilines is 1. The molecular formula is C34H41N5O2. The van der Waals surface area contributed by atoms with E-state index in [-0.39, 0.29) is 11.8 Å². The number of benzene rings is 2. The molecule has 2 aliphatic rings. The van der Waals surface area contributed by atoms with E-state index in [4.69, 9.17) is 14.8 Å². The summed E-state index contributed by atoms with van der Waals surface area (Å²) >= 11 is 0. The maximum atomic E-state index is 14.1. The summed E-state index contributed by atoms with van der Waals surface area (Å²) < 4.78 is 9.82. The Morgan fingerprint density at radius 2 is 1.73 bits per heavy atom. The maximum Gasteiger partial charge on any atom is 0.235 e. The Bertz CT molecular complexity index is 1450. The molecule has 0 saturated heterocycles. The van der Waals surface area contributed by atoms with Crippen molar-refractivity contribution in [3.63, 3.8) is 0 Å². The van der Waals surface area contributed by atoms with Crippen molar-refractivity contribution >= 4 is 11.6 Å². The molecule has 0 radical (unpaired) electrons. The van der Waals surface area contributed by atoms with Crippen LogP contribution in [0.15, 0.2) is 67.0 Å². The quantitative estimate of drug-likeness (QED) is 0.182. The van der Waals surface area contributed by atoms with Crippen molar-refractivity contribution < 1.29 is 9.53 Å². The van der Waals surface area contributed by atoms with Gasteiger partial charge in [-0.2, -0.15) is 5.10 Å². The zero-order valence-electron chi connectivity index (χ0n) is 24.4. The van der Waals surface area contributed by atoms with Crippen LogP contribution in [-0.4, -0.2) is 31.8 Å². The van der Waals surface area contributed by atoms with E-state index in [1.165, 1.54) is 31.2 Å². The number of carbonyl (C=O) groups is 1. The van der Waals surface area contributed by atoms with Gasteiger partial charge in [-0.1, -0.05) is 49.4 Å². The highest BCUT2D eigenvalue weighted by Gasteiger charge is 2.49. The molecule has 1 amide bonds. The summed E-state index contributed by atoms with van der Waals surface area (Å²) in [6.45, 7) is 8.11. The van der Waals surface area contributed by atoms with Gasteiger partial charge in [0.1, 0.15) is 12.6 Å². The molecular weight excluding hydrogens is 510 g/mol. The van der Waals surface area contributed by atoms with Gasteiger partial charge in [-0.05, 0) is 87.0 Å². The molecule has 0 bridgehead atoms. The lowest BCUT2D eigenvalue weighted by Gasteiger charge is -2.27. The summed E-state index contributed by atoms with van der Waals surface area (Å²) in [5.41, 5.74) is 6.28. The van der Waals surface area contributed by atoms with Crippen molar-refractivity contribution in [3.05, 3.63) is 89.8 Å². The van der Waals surface area contributed by atoms with Crippen molar-refractivity contribution in [2.75, 3.05) is 11.9 Å². The second-order valence-corrected chi connectivity index (χ2v) is 11.8. The molecule has 2 aromatic heterocycles. The van der Waals surface area contributed by atoms with Gasteiger partial charge >= 0.3 is 0 Å². The molecule has 1 unspecified atom stereocenters. The molecule has 6 rings (SSSR count). The number of hydrogen-bond acceptors (Lipinski definition) is 4. The molecule has 7 heteroatoms. The van der Waals surface area contributed by atoms with Gasteiger partial charge in [0.15, 0.2) is 0 Å². The summed E-state index contributed by atoms with van der Waals surface area (Å²) in [5, 5.41) is 7.98. The zero-order valence-corrected chi connectivity index (χ0v) is 24.4. The Morgan fingerprint density at radius 1 is 1.02 bits per heavy atom. The molecule has 2 saturated carbocycles. The topological polar surface area (TPSA) is 74.0 Å². The Hall–Kier alpha value is -3.71. The first kappa shape index (κ1) is 27.5. The predicted molar refractivity (Wildman–Crippen MR) is 161 cm³/mol. The average Bonchev–Trinajstić information content (AvgIpc) is 3.91. The fourth-order valence-corrected chi connectivity index (χ4v) is 6.35. The number of aryl methyl sites for hydroxylation is 1. The van der Waals surface area contributed by atoms with Gasteiger partial charge in [-0.15, -0.1) is 0 Å². The van der Waals surface area contributed by atoms with Crippen LogP contribution in [0.5, 0.6) is 0 Å².